The number of esters is 1. The Kier molecular flexibility index (Phi) is 6.21. The minimum Gasteiger partial charge on any atom is -0.493 e. The largest absolute Gasteiger partial charge is 0.493 e. The maximum atomic E-state index is 12.4. The van der Waals surface area contributed by atoms with E-state index in [9.17, 15) is 14.4 Å². The van der Waals surface area contributed by atoms with Gasteiger partial charge in [0.15, 0.2) is 24.7 Å². The van der Waals surface area contributed by atoms with Crippen LogP contribution in [0, 0.1) is 23.2 Å². The molecule has 1 aromatic carbocycles. The first kappa shape index (κ1) is 21.7. The molecule has 31 heavy (non-hydrogen) atoms. The lowest BCUT2D eigenvalue weighted by Crippen LogP contribution is -2.56. The highest BCUT2D eigenvalue weighted by Crippen LogP contribution is 2.61. The highest BCUT2D eigenvalue weighted by molar-refractivity contribution is 5.81. The molecule has 0 aromatic heterocycles. The summed E-state index contributed by atoms with van der Waals surface area (Å²) in [5.74, 6) is 2.21. The van der Waals surface area contributed by atoms with Crippen molar-refractivity contribution in [2.45, 2.75) is 51.5 Å². The SMILES string of the molecule is COc1cc(C=O)ccc1OCC(=O)OCC(=O)N[C@H](C)C12CC3CC(CC(C3)C1)C2. The molecule has 1 amide bonds. The highest BCUT2D eigenvalue weighted by atomic mass is 16.6. The van der Waals surface area contributed by atoms with E-state index in [1.54, 1.807) is 12.1 Å². The van der Waals surface area contributed by atoms with E-state index in [1.807, 2.05) is 0 Å². The van der Waals surface area contributed by atoms with E-state index >= 15 is 0 Å². The number of nitrogens with one attached hydrogen (secondary N) is 1. The first-order chi connectivity index (χ1) is 14.9. The molecule has 0 saturated heterocycles. The third-order valence-corrected chi connectivity index (χ3v) is 7.42. The Labute approximate surface area is 182 Å². The number of hydrogen-bond donors (Lipinski definition) is 1. The molecule has 1 atom stereocenters. The maximum Gasteiger partial charge on any atom is 0.344 e. The van der Waals surface area contributed by atoms with Gasteiger partial charge in [-0.2, -0.15) is 0 Å². The molecule has 0 spiro atoms. The summed E-state index contributed by atoms with van der Waals surface area (Å²) in [6.07, 6.45) is 8.40. The number of aldehydes is 1. The van der Waals surface area contributed by atoms with Crippen LogP contribution in [0.3, 0.4) is 0 Å². The van der Waals surface area contributed by atoms with Crippen LogP contribution in [-0.4, -0.2) is 44.5 Å². The van der Waals surface area contributed by atoms with Gasteiger partial charge in [-0.15, -0.1) is 0 Å². The van der Waals surface area contributed by atoms with Crippen LogP contribution in [0.5, 0.6) is 11.5 Å². The van der Waals surface area contributed by atoms with E-state index in [0.717, 1.165) is 17.8 Å². The minimum atomic E-state index is -0.640. The van der Waals surface area contributed by atoms with Crippen molar-refractivity contribution in [3.05, 3.63) is 23.8 Å². The molecule has 4 aliphatic rings. The van der Waals surface area contributed by atoms with Gasteiger partial charge >= 0.3 is 5.97 Å². The lowest BCUT2D eigenvalue weighted by Gasteiger charge is -2.59. The van der Waals surface area contributed by atoms with Crippen molar-refractivity contribution < 1.29 is 28.6 Å². The zero-order valence-corrected chi connectivity index (χ0v) is 18.2. The normalized spacial score (nSPS) is 29.2. The number of ether oxygens (including phenoxy) is 3. The molecule has 7 heteroatoms. The van der Waals surface area contributed by atoms with Gasteiger partial charge in [0.05, 0.1) is 7.11 Å². The van der Waals surface area contributed by atoms with Gasteiger partial charge < -0.3 is 19.5 Å². The summed E-state index contributed by atoms with van der Waals surface area (Å²) < 4.78 is 15.7. The molecule has 0 heterocycles. The van der Waals surface area contributed by atoms with Gasteiger partial charge in [-0.1, -0.05) is 0 Å². The molecule has 0 aliphatic heterocycles. The average Bonchev–Trinajstić information content (AvgIpc) is 2.75. The molecule has 1 aromatic rings. The lowest BCUT2D eigenvalue weighted by atomic mass is 9.48. The fourth-order valence-electron chi connectivity index (χ4n) is 6.35. The topological polar surface area (TPSA) is 90.9 Å². The summed E-state index contributed by atoms with van der Waals surface area (Å²) in [7, 11) is 1.45. The molecule has 4 bridgehead atoms. The number of carbonyl (C=O) groups is 3. The van der Waals surface area contributed by atoms with E-state index in [-0.39, 0.29) is 30.6 Å². The third-order valence-electron chi connectivity index (χ3n) is 7.42. The summed E-state index contributed by atoms with van der Waals surface area (Å²) in [5, 5.41) is 3.09. The van der Waals surface area contributed by atoms with E-state index in [0.29, 0.717) is 23.3 Å². The standard InChI is InChI=1S/C24H31NO6/c1-15(24-9-17-5-18(10-24)7-19(6-17)11-24)25-22(27)13-31-23(28)14-30-20-4-3-16(12-26)8-21(20)29-2/h3-4,8,12,15,17-19H,5-7,9-11,13-14H2,1-2H3,(H,25,27)/t15-,17?,18?,19?,24?/m1/s1. The van der Waals surface area contributed by atoms with Gasteiger partial charge in [0.25, 0.3) is 5.91 Å². The number of amides is 1. The van der Waals surface area contributed by atoms with Gasteiger partial charge in [-0.25, -0.2) is 4.79 Å². The van der Waals surface area contributed by atoms with E-state index in [2.05, 4.69) is 12.2 Å². The molecule has 4 aliphatic carbocycles. The summed E-state index contributed by atoms with van der Waals surface area (Å²) >= 11 is 0. The summed E-state index contributed by atoms with van der Waals surface area (Å²) in [6.45, 7) is 1.43. The molecule has 0 radical (unpaired) electrons. The molecule has 4 fully saturated rings. The number of benzene rings is 1. The van der Waals surface area contributed by atoms with Crippen molar-refractivity contribution in [1.29, 1.82) is 0 Å². The Balaban J connectivity index is 1.23. The summed E-state index contributed by atoms with van der Waals surface area (Å²) in [4.78, 5) is 35.3. The Morgan fingerprint density at radius 1 is 1.10 bits per heavy atom. The average molecular weight is 430 g/mol. The Hall–Kier alpha value is -2.57. The van der Waals surface area contributed by atoms with E-state index in [4.69, 9.17) is 14.2 Å². The zero-order valence-electron chi connectivity index (χ0n) is 18.2. The first-order valence-corrected chi connectivity index (χ1v) is 11.1. The van der Waals surface area contributed by atoms with Gasteiger partial charge in [0.1, 0.15) is 6.29 Å². The smallest absolute Gasteiger partial charge is 0.344 e. The maximum absolute atomic E-state index is 12.4. The van der Waals surface area contributed by atoms with Crippen LogP contribution in [0.15, 0.2) is 18.2 Å². The second-order valence-corrected chi connectivity index (χ2v) is 9.55. The number of carbonyl (C=O) groups excluding carboxylic acids is 3. The first-order valence-electron chi connectivity index (χ1n) is 11.1. The fourth-order valence-corrected chi connectivity index (χ4v) is 6.35. The van der Waals surface area contributed by atoms with Crippen molar-refractivity contribution in [1.82, 2.24) is 5.32 Å². The Bertz CT molecular complexity index is 815. The fraction of sp³-hybridized carbons (Fsp3) is 0.625. The van der Waals surface area contributed by atoms with Crippen molar-refractivity contribution in [2.75, 3.05) is 20.3 Å². The predicted octanol–water partition coefficient (Wildman–Crippen LogP) is 3.15. The molecule has 5 rings (SSSR count). The predicted molar refractivity (Wildman–Crippen MR) is 113 cm³/mol. The van der Waals surface area contributed by atoms with Gasteiger partial charge in [0, 0.05) is 11.6 Å². The Morgan fingerprint density at radius 2 is 1.74 bits per heavy atom. The third kappa shape index (κ3) is 4.70. The van der Waals surface area contributed by atoms with Crippen molar-refractivity contribution in [3.8, 4) is 11.5 Å². The minimum absolute atomic E-state index is 0.0870. The molecular formula is C24H31NO6. The van der Waals surface area contributed by atoms with Gasteiger partial charge in [0.2, 0.25) is 0 Å². The second kappa shape index (κ2) is 8.89. The monoisotopic (exact) mass is 429 g/mol. The molecule has 0 unspecified atom stereocenters. The van der Waals surface area contributed by atoms with Crippen LogP contribution >= 0.6 is 0 Å². The quantitative estimate of drug-likeness (QED) is 0.479. The van der Waals surface area contributed by atoms with Gasteiger partial charge in [-0.3, -0.25) is 9.59 Å². The molecule has 168 valence electrons. The van der Waals surface area contributed by atoms with Crippen LogP contribution in [0.4, 0.5) is 0 Å². The van der Waals surface area contributed by atoms with Gasteiger partial charge in [-0.05, 0) is 86.8 Å². The van der Waals surface area contributed by atoms with Crippen LogP contribution in [0.25, 0.3) is 0 Å². The van der Waals surface area contributed by atoms with E-state index in [1.165, 1.54) is 51.7 Å². The second-order valence-electron chi connectivity index (χ2n) is 9.55. The summed E-state index contributed by atoms with van der Waals surface area (Å²) in [6, 6.07) is 4.72. The number of methoxy groups -OCH3 is 1. The lowest BCUT2D eigenvalue weighted by molar-refractivity contribution is -0.151. The summed E-state index contributed by atoms with van der Waals surface area (Å²) in [5.41, 5.74) is 0.651. The van der Waals surface area contributed by atoms with Crippen molar-refractivity contribution in [2.24, 2.45) is 23.2 Å². The Morgan fingerprint density at radius 3 is 2.32 bits per heavy atom. The van der Waals surface area contributed by atoms with E-state index < -0.39 is 5.97 Å². The number of hydrogen-bond acceptors (Lipinski definition) is 6. The number of rotatable bonds is 9. The zero-order chi connectivity index (χ0) is 22.0. The van der Waals surface area contributed by atoms with Crippen LogP contribution < -0.4 is 14.8 Å². The molecule has 7 nitrogen and oxygen atoms in total. The van der Waals surface area contributed by atoms with Crippen LogP contribution in [0.2, 0.25) is 0 Å². The molecule has 1 N–H and O–H groups in total. The van der Waals surface area contributed by atoms with Crippen molar-refractivity contribution >= 4 is 18.2 Å². The van der Waals surface area contributed by atoms with Crippen LogP contribution in [-0.2, 0) is 14.3 Å². The molecule has 4 saturated carbocycles. The van der Waals surface area contributed by atoms with Crippen LogP contribution in [0.1, 0.15) is 55.8 Å². The van der Waals surface area contributed by atoms with Crippen molar-refractivity contribution in [3.63, 3.8) is 0 Å². The molecular weight excluding hydrogens is 398 g/mol. The highest BCUT2D eigenvalue weighted by Gasteiger charge is 2.53.